The third-order valence-corrected chi connectivity index (χ3v) is 4.11. The average Bonchev–Trinajstić information content (AvgIpc) is 2.56. The van der Waals surface area contributed by atoms with Crippen LogP contribution in [0.5, 0.6) is 0 Å². The van der Waals surface area contributed by atoms with Crippen molar-refractivity contribution < 1.29 is 14.1 Å². The Morgan fingerprint density at radius 3 is 2.52 bits per heavy atom. The van der Waals surface area contributed by atoms with Gasteiger partial charge in [-0.25, -0.2) is 4.39 Å². The van der Waals surface area contributed by atoms with Gasteiger partial charge in [-0.15, -0.1) is 0 Å². The Balaban J connectivity index is 1.48. The number of benzene rings is 2. The molecule has 23 heavy (non-hydrogen) atoms. The summed E-state index contributed by atoms with van der Waals surface area (Å²) in [6.45, 7) is 4.13. The molecule has 0 saturated carbocycles. The molecular formula is C18H21FN3O+. The predicted molar refractivity (Wildman–Crippen MR) is 89.2 cm³/mol. The number of amides is 1. The molecule has 2 aromatic rings. The minimum atomic E-state index is -0.341. The second kappa shape index (κ2) is 7.24. The van der Waals surface area contributed by atoms with Crippen molar-refractivity contribution in [2.24, 2.45) is 0 Å². The zero-order valence-electron chi connectivity index (χ0n) is 13.0. The molecule has 0 atom stereocenters. The number of hydrogen-bond donors (Lipinski definition) is 2. The van der Waals surface area contributed by atoms with Crippen molar-refractivity contribution in [3.8, 4) is 0 Å². The van der Waals surface area contributed by atoms with Crippen molar-refractivity contribution in [1.82, 2.24) is 0 Å². The van der Waals surface area contributed by atoms with Gasteiger partial charge in [-0.3, -0.25) is 4.79 Å². The molecule has 0 bridgehead atoms. The minimum absolute atomic E-state index is 0.0706. The summed E-state index contributed by atoms with van der Waals surface area (Å²) in [7, 11) is 0. The van der Waals surface area contributed by atoms with Crippen LogP contribution in [0.4, 0.5) is 15.8 Å². The first-order chi connectivity index (χ1) is 11.2. The second-order valence-electron chi connectivity index (χ2n) is 5.81. The summed E-state index contributed by atoms with van der Waals surface area (Å²) >= 11 is 0. The van der Waals surface area contributed by atoms with Gasteiger partial charge in [0.2, 0.25) is 0 Å². The van der Waals surface area contributed by atoms with Crippen LogP contribution in [0.3, 0.4) is 0 Å². The SMILES string of the molecule is O=C(C[NH+]1CCN(c2ccccc2)CC1)Nc1cccc(F)c1. The van der Waals surface area contributed by atoms with Crippen LogP contribution in [-0.2, 0) is 4.79 Å². The van der Waals surface area contributed by atoms with Crippen LogP contribution in [0, 0.1) is 5.82 Å². The summed E-state index contributed by atoms with van der Waals surface area (Å²) in [4.78, 5) is 15.7. The smallest absolute Gasteiger partial charge is 0.279 e. The van der Waals surface area contributed by atoms with Gasteiger partial charge in [-0.2, -0.15) is 0 Å². The van der Waals surface area contributed by atoms with E-state index >= 15 is 0 Å². The lowest BCUT2D eigenvalue weighted by atomic mass is 10.2. The largest absolute Gasteiger partial charge is 0.360 e. The van der Waals surface area contributed by atoms with Crippen LogP contribution in [-0.4, -0.2) is 38.6 Å². The fraction of sp³-hybridized carbons (Fsp3) is 0.278. The Labute approximate surface area is 135 Å². The number of para-hydroxylation sites is 1. The molecule has 1 aliphatic heterocycles. The molecule has 3 rings (SSSR count). The molecule has 120 valence electrons. The van der Waals surface area contributed by atoms with Crippen molar-refractivity contribution in [3.63, 3.8) is 0 Å². The highest BCUT2D eigenvalue weighted by molar-refractivity contribution is 5.91. The number of piperazine rings is 1. The standard InChI is InChI=1S/C18H20FN3O/c19-15-5-4-6-16(13-15)20-18(23)14-21-9-11-22(12-10-21)17-7-2-1-3-8-17/h1-8,13H,9-12,14H2,(H,20,23)/p+1. The number of hydrogen-bond acceptors (Lipinski definition) is 2. The summed E-state index contributed by atoms with van der Waals surface area (Å²) in [6, 6.07) is 16.3. The highest BCUT2D eigenvalue weighted by Gasteiger charge is 2.22. The van der Waals surface area contributed by atoms with Gasteiger partial charge < -0.3 is 15.1 Å². The molecule has 0 unspecified atom stereocenters. The molecule has 1 fully saturated rings. The second-order valence-corrected chi connectivity index (χ2v) is 5.81. The van der Waals surface area contributed by atoms with Gasteiger partial charge in [0, 0.05) is 11.4 Å². The Kier molecular flexibility index (Phi) is 4.88. The summed E-state index contributed by atoms with van der Waals surface area (Å²) in [5, 5.41) is 2.76. The fourth-order valence-electron chi connectivity index (χ4n) is 2.90. The third kappa shape index (κ3) is 4.29. The van der Waals surface area contributed by atoms with Crippen LogP contribution in [0.25, 0.3) is 0 Å². The molecule has 4 nitrogen and oxygen atoms in total. The van der Waals surface area contributed by atoms with Crippen LogP contribution < -0.4 is 15.1 Å². The number of nitrogens with zero attached hydrogens (tertiary/aromatic N) is 1. The maximum atomic E-state index is 13.1. The Bertz CT molecular complexity index is 654. The van der Waals surface area contributed by atoms with Crippen LogP contribution in [0.2, 0.25) is 0 Å². The quantitative estimate of drug-likeness (QED) is 0.889. The first kappa shape index (κ1) is 15.5. The number of anilines is 2. The number of carbonyl (C=O) groups is 1. The monoisotopic (exact) mass is 314 g/mol. The molecule has 0 aliphatic carbocycles. The molecule has 2 N–H and O–H groups in total. The first-order valence-corrected chi connectivity index (χ1v) is 7.90. The number of carbonyl (C=O) groups excluding carboxylic acids is 1. The summed E-state index contributed by atoms with van der Waals surface area (Å²) in [5.41, 5.74) is 1.74. The van der Waals surface area contributed by atoms with Gasteiger partial charge in [0.15, 0.2) is 6.54 Å². The summed E-state index contributed by atoms with van der Waals surface area (Å²) in [5.74, 6) is -0.412. The maximum absolute atomic E-state index is 13.1. The van der Waals surface area contributed by atoms with Crippen molar-refractivity contribution in [3.05, 3.63) is 60.4 Å². The lowest BCUT2D eigenvalue weighted by Gasteiger charge is -2.33. The van der Waals surface area contributed by atoms with Crippen molar-refractivity contribution in [2.45, 2.75) is 0 Å². The van der Waals surface area contributed by atoms with Crippen LogP contribution in [0.15, 0.2) is 54.6 Å². The number of rotatable bonds is 4. The van der Waals surface area contributed by atoms with E-state index in [1.807, 2.05) is 18.2 Å². The van der Waals surface area contributed by atoms with Gasteiger partial charge in [0.1, 0.15) is 5.82 Å². The highest BCUT2D eigenvalue weighted by atomic mass is 19.1. The molecule has 1 saturated heterocycles. The van der Waals surface area contributed by atoms with Gasteiger partial charge >= 0.3 is 0 Å². The minimum Gasteiger partial charge on any atom is -0.360 e. The van der Waals surface area contributed by atoms with E-state index in [4.69, 9.17) is 0 Å². The van der Waals surface area contributed by atoms with E-state index in [0.29, 0.717) is 12.2 Å². The van der Waals surface area contributed by atoms with Gasteiger partial charge in [0.25, 0.3) is 5.91 Å². The van der Waals surface area contributed by atoms with E-state index in [1.54, 1.807) is 12.1 Å². The molecule has 2 aromatic carbocycles. The van der Waals surface area contributed by atoms with E-state index in [9.17, 15) is 9.18 Å². The Morgan fingerprint density at radius 2 is 1.83 bits per heavy atom. The third-order valence-electron chi connectivity index (χ3n) is 4.11. The molecule has 1 heterocycles. The zero-order valence-corrected chi connectivity index (χ0v) is 13.0. The fourth-order valence-corrected chi connectivity index (χ4v) is 2.90. The molecule has 5 heteroatoms. The normalized spacial score (nSPS) is 15.4. The predicted octanol–water partition coefficient (Wildman–Crippen LogP) is 1.17. The Morgan fingerprint density at radius 1 is 1.09 bits per heavy atom. The van der Waals surface area contributed by atoms with E-state index in [0.717, 1.165) is 26.2 Å². The molecule has 0 spiro atoms. The van der Waals surface area contributed by atoms with Crippen LogP contribution in [0.1, 0.15) is 0 Å². The maximum Gasteiger partial charge on any atom is 0.279 e. The Hall–Kier alpha value is -2.40. The van der Waals surface area contributed by atoms with Crippen molar-refractivity contribution in [1.29, 1.82) is 0 Å². The van der Waals surface area contributed by atoms with Gasteiger partial charge in [-0.1, -0.05) is 24.3 Å². The molecule has 0 radical (unpaired) electrons. The summed E-state index contributed by atoms with van der Waals surface area (Å²) < 4.78 is 13.1. The van der Waals surface area contributed by atoms with E-state index in [1.165, 1.54) is 22.7 Å². The number of quaternary nitrogens is 1. The average molecular weight is 314 g/mol. The highest BCUT2D eigenvalue weighted by Crippen LogP contribution is 2.12. The topological polar surface area (TPSA) is 36.8 Å². The van der Waals surface area contributed by atoms with Gasteiger partial charge in [0.05, 0.1) is 26.2 Å². The van der Waals surface area contributed by atoms with E-state index in [2.05, 4.69) is 22.3 Å². The van der Waals surface area contributed by atoms with E-state index < -0.39 is 0 Å². The van der Waals surface area contributed by atoms with Crippen molar-refractivity contribution >= 4 is 17.3 Å². The first-order valence-electron chi connectivity index (χ1n) is 7.90. The molecular weight excluding hydrogens is 293 g/mol. The zero-order chi connectivity index (χ0) is 16.1. The number of nitrogens with one attached hydrogen (secondary N) is 2. The lowest BCUT2D eigenvalue weighted by molar-refractivity contribution is -0.892. The summed E-state index contributed by atoms with van der Waals surface area (Å²) in [6.07, 6.45) is 0. The van der Waals surface area contributed by atoms with Gasteiger partial charge in [-0.05, 0) is 30.3 Å². The molecule has 1 aliphatic rings. The molecule has 0 aromatic heterocycles. The van der Waals surface area contributed by atoms with Crippen LogP contribution >= 0.6 is 0 Å². The molecule has 1 amide bonds. The van der Waals surface area contributed by atoms with E-state index in [-0.39, 0.29) is 11.7 Å². The lowest BCUT2D eigenvalue weighted by Crippen LogP contribution is -3.15. The number of halogens is 1. The van der Waals surface area contributed by atoms with Crippen molar-refractivity contribution in [2.75, 3.05) is 42.9 Å².